The molecule has 1 aliphatic rings. The molecule has 0 aliphatic carbocycles. The summed E-state index contributed by atoms with van der Waals surface area (Å²) in [6, 6.07) is 14.7. The lowest BCUT2D eigenvalue weighted by Crippen LogP contribution is -2.36. The maximum absolute atomic E-state index is 12.2. The second-order valence-electron chi connectivity index (χ2n) is 6.58. The van der Waals surface area contributed by atoms with Gasteiger partial charge < -0.3 is 15.5 Å². The molecule has 0 spiro atoms. The summed E-state index contributed by atoms with van der Waals surface area (Å²) in [6.45, 7) is 3.05. The highest BCUT2D eigenvalue weighted by atomic mass is 16.2. The summed E-state index contributed by atoms with van der Waals surface area (Å²) in [5.41, 5.74) is 3.41. The van der Waals surface area contributed by atoms with Crippen molar-refractivity contribution in [1.29, 1.82) is 0 Å². The predicted octanol–water partition coefficient (Wildman–Crippen LogP) is 2.17. The van der Waals surface area contributed by atoms with Crippen LogP contribution in [0.3, 0.4) is 0 Å². The maximum Gasteiger partial charge on any atom is 0.251 e. The Morgan fingerprint density at radius 2 is 1.78 bits per heavy atom. The van der Waals surface area contributed by atoms with E-state index in [2.05, 4.69) is 10.6 Å². The number of nitrogens with zero attached hydrogens (tertiary/aromatic N) is 1. The van der Waals surface area contributed by atoms with E-state index in [9.17, 15) is 14.4 Å². The number of carbonyl (C=O) groups is 3. The Hall–Kier alpha value is -3.15. The molecule has 2 N–H and O–H groups in total. The average Bonchev–Trinajstić information content (AvgIpc) is 3.11. The van der Waals surface area contributed by atoms with Crippen molar-refractivity contribution in [2.75, 3.05) is 18.0 Å². The van der Waals surface area contributed by atoms with Gasteiger partial charge in [0.1, 0.15) is 0 Å². The van der Waals surface area contributed by atoms with Crippen LogP contribution in [0.2, 0.25) is 0 Å². The van der Waals surface area contributed by atoms with Gasteiger partial charge in [-0.05, 0) is 48.7 Å². The quantitative estimate of drug-likeness (QED) is 0.823. The zero-order valence-electron chi connectivity index (χ0n) is 15.3. The summed E-state index contributed by atoms with van der Waals surface area (Å²) < 4.78 is 0. The summed E-state index contributed by atoms with van der Waals surface area (Å²) in [7, 11) is 0. The number of anilines is 1. The van der Waals surface area contributed by atoms with Crippen molar-refractivity contribution in [3.05, 3.63) is 65.2 Å². The van der Waals surface area contributed by atoms with Gasteiger partial charge in [-0.25, -0.2) is 0 Å². The lowest BCUT2D eigenvalue weighted by Gasteiger charge is -2.15. The molecule has 0 radical (unpaired) electrons. The monoisotopic (exact) mass is 365 g/mol. The van der Waals surface area contributed by atoms with E-state index in [1.165, 1.54) is 0 Å². The van der Waals surface area contributed by atoms with Crippen molar-refractivity contribution in [3.63, 3.8) is 0 Å². The van der Waals surface area contributed by atoms with E-state index in [0.717, 1.165) is 23.2 Å². The molecule has 1 heterocycles. The van der Waals surface area contributed by atoms with Crippen LogP contribution in [0.25, 0.3) is 0 Å². The van der Waals surface area contributed by atoms with E-state index in [4.69, 9.17) is 0 Å². The molecule has 140 valence electrons. The van der Waals surface area contributed by atoms with Gasteiger partial charge in [0.25, 0.3) is 5.91 Å². The Morgan fingerprint density at radius 3 is 2.44 bits per heavy atom. The lowest BCUT2D eigenvalue weighted by molar-refractivity contribution is -0.120. The van der Waals surface area contributed by atoms with Crippen molar-refractivity contribution >= 4 is 23.4 Å². The van der Waals surface area contributed by atoms with Gasteiger partial charge in [-0.3, -0.25) is 14.4 Å². The molecule has 0 saturated carbocycles. The molecular formula is C21H23N3O3. The molecule has 6 heteroatoms. The van der Waals surface area contributed by atoms with Crippen LogP contribution in [0, 0.1) is 6.92 Å². The van der Waals surface area contributed by atoms with E-state index in [-0.39, 0.29) is 24.3 Å². The molecule has 1 aliphatic heterocycles. The number of hydrogen-bond acceptors (Lipinski definition) is 3. The Kier molecular flexibility index (Phi) is 5.86. The van der Waals surface area contributed by atoms with E-state index >= 15 is 0 Å². The summed E-state index contributed by atoms with van der Waals surface area (Å²) in [5.74, 6) is -0.455. The number of carbonyl (C=O) groups excluding carboxylic acids is 3. The van der Waals surface area contributed by atoms with E-state index < -0.39 is 0 Å². The largest absolute Gasteiger partial charge is 0.350 e. The van der Waals surface area contributed by atoms with Crippen molar-refractivity contribution < 1.29 is 14.4 Å². The van der Waals surface area contributed by atoms with Crippen LogP contribution < -0.4 is 15.5 Å². The third kappa shape index (κ3) is 4.73. The molecule has 1 saturated heterocycles. The van der Waals surface area contributed by atoms with Crippen LogP contribution in [0.1, 0.15) is 34.3 Å². The minimum absolute atomic E-state index is 0.0862. The molecule has 3 rings (SSSR count). The standard InChI is InChI=1S/C21H23N3O3/c1-15-5-2-3-6-17(15)13-22-19(25)14-23-21(27)16-8-10-18(11-9-16)24-12-4-7-20(24)26/h2-3,5-6,8-11H,4,7,12-14H2,1H3,(H,22,25)(H,23,27). The number of aryl methyl sites for hydroxylation is 1. The predicted molar refractivity (Wildman–Crippen MR) is 103 cm³/mol. The molecule has 2 aromatic rings. The third-order valence-corrected chi connectivity index (χ3v) is 4.66. The minimum Gasteiger partial charge on any atom is -0.350 e. The molecule has 1 fully saturated rings. The first kappa shape index (κ1) is 18.6. The summed E-state index contributed by atoms with van der Waals surface area (Å²) in [5, 5.41) is 5.42. The fraction of sp³-hybridized carbons (Fsp3) is 0.286. The molecule has 0 aromatic heterocycles. The highest BCUT2D eigenvalue weighted by Gasteiger charge is 2.21. The van der Waals surface area contributed by atoms with Crippen molar-refractivity contribution in [3.8, 4) is 0 Å². The third-order valence-electron chi connectivity index (χ3n) is 4.66. The highest BCUT2D eigenvalue weighted by molar-refractivity contribution is 5.98. The van der Waals surface area contributed by atoms with Gasteiger partial charge in [0, 0.05) is 30.8 Å². The van der Waals surface area contributed by atoms with Crippen LogP contribution in [-0.2, 0) is 16.1 Å². The zero-order chi connectivity index (χ0) is 19.2. The van der Waals surface area contributed by atoms with Gasteiger partial charge in [0.2, 0.25) is 11.8 Å². The molecule has 0 atom stereocenters. The highest BCUT2D eigenvalue weighted by Crippen LogP contribution is 2.21. The summed E-state index contributed by atoms with van der Waals surface area (Å²) >= 11 is 0. The fourth-order valence-electron chi connectivity index (χ4n) is 3.04. The van der Waals surface area contributed by atoms with Crippen molar-refractivity contribution in [2.45, 2.75) is 26.3 Å². The normalized spacial score (nSPS) is 13.5. The molecule has 2 aromatic carbocycles. The number of hydrogen-bond donors (Lipinski definition) is 2. The van der Waals surface area contributed by atoms with Gasteiger partial charge >= 0.3 is 0 Å². The Morgan fingerprint density at radius 1 is 1.04 bits per heavy atom. The minimum atomic E-state index is -0.319. The molecular weight excluding hydrogens is 342 g/mol. The second kappa shape index (κ2) is 8.49. The smallest absolute Gasteiger partial charge is 0.251 e. The maximum atomic E-state index is 12.2. The van der Waals surface area contributed by atoms with Crippen LogP contribution in [0.5, 0.6) is 0 Å². The van der Waals surface area contributed by atoms with E-state index in [1.54, 1.807) is 29.2 Å². The molecule has 3 amide bonds. The summed E-state index contributed by atoms with van der Waals surface area (Å²) in [4.78, 5) is 37.6. The SMILES string of the molecule is Cc1ccccc1CNC(=O)CNC(=O)c1ccc(N2CCCC2=O)cc1. The average molecular weight is 365 g/mol. The van der Waals surface area contributed by atoms with Crippen LogP contribution in [0.4, 0.5) is 5.69 Å². The first-order valence-corrected chi connectivity index (χ1v) is 9.04. The Balaban J connectivity index is 1.48. The lowest BCUT2D eigenvalue weighted by atomic mass is 10.1. The van der Waals surface area contributed by atoms with Gasteiger partial charge in [-0.1, -0.05) is 24.3 Å². The van der Waals surface area contributed by atoms with Gasteiger partial charge in [-0.2, -0.15) is 0 Å². The van der Waals surface area contributed by atoms with E-state index in [1.807, 2.05) is 31.2 Å². The summed E-state index contributed by atoms with van der Waals surface area (Å²) in [6.07, 6.45) is 1.43. The number of nitrogens with one attached hydrogen (secondary N) is 2. The molecule has 0 unspecified atom stereocenters. The molecule has 27 heavy (non-hydrogen) atoms. The Labute approximate surface area is 158 Å². The molecule has 6 nitrogen and oxygen atoms in total. The fourth-order valence-corrected chi connectivity index (χ4v) is 3.04. The van der Waals surface area contributed by atoms with Gasteiger partial charge in [0.15, 0.2) is 0 Å². The van der Waals surface area contributed by atoms with Crippen LogP contribution in [-0.4, -0.2) is 30.8 Å². The van der Waals surface area contributed by atoms with Gasteiger partial charge in [0.05, 0.1) is 6.54 Å². The Bertz CT molecular complexity index is 846. The van der Waals surface area contributed by atoms with E-state index in [0.29, 0.717) is 25.1 Å². The first-order valence-electron chi connectivity index (χ1n) is 9.04. The second-order valence-corrected chi connectivity index (χ2v) is 6.58. The van der Waals surface area contributed by atoms with Gasteiger partial charge in [-0.15, -0.1) is 0 Å². The number of rotatable bonds is 6. The number of amides is 3. The van der Waals surface area contributed by atoms with Crippen LogP contribution in [0.15, 0.2) is 48.5 Å². The van der Waals surface area contributed by atoms with Crippen LogP contribution >= 0.6 is 0 Å². The molecule has 0 bridgehead atoms. The number of benzene rings is 2. The zero-order valence-corrected chi connectivity index (χ0v) is 15.3. The first-order chi connectivity index (χ1) is 13.0. The topological polar surface area (TPSA) is 78.5 Å². The van der Waals surface area contributed by atoms with Crippen molar-refractivity contribution in [2.24, 2.45) is 0 Å². The van der Waals surface area contributed by atoms with Crippen molar-refractivity contribution in [1.82, 2.24) is 10.6 Å².